The Morgan fingerprint density at radius 2 is 2.20 bits per heavy atom. The zero-order valence-corrected chi connectivity index (χ0v) is 9.38. The molecule has 0 saturated carbocycles. The molecular weight excluding hydrogens is 242 g/mol. The molecule has 0 aliphatic heterocycles. The van der Waals surface area contributed by atoms with Crippen LogP contribution in [0, 0.1) is 0 Å². The Morgan fingerprint density at radius 1 is 1.53 bits per heavy atom. The SMILES string of the molecule is CS(=O)(=O)c1ccc(OCC=O)c(Cl)n1. The Hall–Kier alpha value is -1.14. The van der Waals surface area contributed by atoms with E-state index in [1.165, 1.54) is 12.1 Å². The van der Waals surface area contributed by atoms with Crippen LogP contribution < -0.4 is 4.74 Å². The minimum absolute atomic E-state index is 0.0835. The zero-order valence-electron chi connectivity index (χ0n) is 7.81. The molecule has 15 heavy (non-hydrogen) atoms. The van der Waals surface area contributed by atoms with Crippen molar-refractivity contribution in [3.8, 4) is 5.75 Å². The van der Waals surface area contributed by atoms with Gasteiger partial charge >= 0.3 is 0 Å². The molecule has 0 aliphatic carbocycles. The van der Waals surface area contributed by atoms with Crippen LogP contribution in [0.15, 0.2) is 17.2 Å². The first-order valence-corrected chi connectivity index (χ1v) is 6.15. The summed E-state index contributed by atoms with van der Waals surface area (Å²) < 4.78 is 27.1. The summed E-state index contributed by atoms with van der Waals surface area (Å²) in [6, 6.07) is 2.62. The molecule has 7 heteroatoms. The second-order valence-electron chi connectivity index (χ2n) is 2.69. The Bertz CT molecular complexity index is 472. The van der Waals surface area contributed by atoms with Crippen molar-refractivity contribution in [2.75, 3.05) is 12.9 Å². The van der Waals surface area contributed by atoms with Crippen molar-refractivity contribution < 1.29 is 17.9 Å². The highest BCUT2D eigenvalue weighted by atomic mass is 35.5. The fraction of sp³-hybridized carbons (Fsp3) is 0.250. The maximum Gasteiger partial charge on any atom is 0.192 e. The molecule has 0 spiro atoms. The molecule has 5 nitrogen and oxygen atoms in total. The standard InChI is InChI=1S/C8H8ClNO4S/c1-15(12,13)7-3-2-6(8(9)10-7)14-5-4-11/h2-4H,5H2,1H3. The lowest BCUT2D eigenvalue weighted by molar-refractivity contribution is -0.109. The minimum Gasteiger partial charge on any atom is -0.483 e. The molecular formula is C8H8ClNO4S. The van der Waals surface area contributed by atoms with E-state index in [9.17, 15) is 13.2 Å². The minimum atomic E-state index is -3.38. The molecule has 0 aromatic carbocycles. The first-order valence-electron chi connectivity index (χ1n) is 3.88. The van der Waals surface area contributed by atoms with Crippen molar-refractivity contribution in [1.29, 1.82) is 0 Å². The van der Waals surface area contributed by atoms with Crippen molar-refractivity contribution in [3.05, 3.63) is 17.3 Å². The first-order chi connectivity index (χ1) is 6.95. The van der Waals surface area contributed by atoms with Crippen LogP contribution in [-0.4, -0.2) is 32.6 Å². The average Bonchev–Trinajstić information content (AvgIpc) is 2.14. The van der Waals surface area contributed by atoms with Crippen molar-refractivity contribution in [2.45, 2.75) is 5.03 Å². The van der Waals surface area contributed by atoms with Crippen molar-refractivity contribution >= 4 is 27.7 Å². The average molecular weight is 250 g/mol. The van der Waals surface area contributed by atoms with Crippen LogP contribution in [-0.2, 0) is 14.6 Å². The van der Waals surface area contributed by atoms with Crippen LogP contribution in [0.3, 0.4) is 0 Å². The van der Waals surface area contributed by atoms with Gasteiger partial charge < -0.3 is 4.74 Å². The Labute approximate surface area is 91.9 Å². The molecule has 0 atom stereocenters. The summed E-state index contributed by atoms with van der Waals surface area (Å²) in [6.07, 6.45) is 1.58. The summed E-state index contributed by atoms with van der Waals surface area (Å²) >= 11 is 5.65. The summed E-state index contributed by atoms with van der Waals surface area (Å²) in [5, 5.41) is -0.217. The number of nitrogens with zero attached hydrogens (tertiary/aromatic N) is 1. The lowest BCUT2D eigenvalue weighted by Crippen LogP contribution is -2.03. The molecule has 0 radical (unpaired) electrons. The number of rotatable bonds is 4. The van der Waals surface area contributed by atoms with E-state index in [-0.39, 0.29) is 22.5 Å². The third kappa shape index (κ3) is 3.17. The molecule has 82 valence electrons. The van der Waals surface area contributed by atoms with Gasteiger partial charge in [0.15, 0.2) is 32.1 Å². The summed E-state index contributed by atoms with van der Waals surface area (Å²) in [5.41, 5.74) is 0. The van der Waals surface area contributed by atoms with Crippen molar-refractivity contribution in [2.24, 2.45) is 0 Å². The molecule has 0 bridgehead atoms. The van der Waals surface area contributed by atoms with Crippen LogP contribution in [0.4, 0.5) is 0 Å². The van der Waals surface area contributed by atoms with Gasteiger partial charge in [0, 0.05) is 6.26 Å². The van der Waals surface area contributed by atoms with Crippen LogP contribution in [0.2, 0.25) is 5.15 Å². The molecule has 0 amide bonds. The fourth-order valence-corrected chi connectivity index (χ4v) is 1.67. The van der Waals surface area contributed by atoms with Crippen LogP contribution in [0.1, 0.15) is 0 Å². The normalized spacial score (nSPS) is 11.1. The number of carbonyl (C=O) groups excluding carboxylic acids is 1. The molecule has 0 N–H and O–H groups in total. The highest BCUT2D eigenvalue weighted by Gasteiger charge is 2.12. The van der Waals surface area contributed by atoms with E-state index in [0.717, 1.165) is 6.26 Å². The Kier molecular flexibility index (Phi) is 3.65. The van der Waals surface area contributed by atoms with Gasteiger partial charge in [-0.05, 0) is 12.1 Å². The van der Waals surface area contributed by atoms with Gasteiger partial charge in [0.05, 0.1) is 0 Å². The van der Waals surface area contributed by atoms with E-state index in [1.54, 1.807) is 0 Å². The second kappa shape index (κ2) is 4.59. The Morgan fingerprint density at radius 3 is 2.67 bits per heavy atom. The quantitative estimate of drug-likeness (QED) is 0.581. The summed E-state index contributed by atoms with van der Waals surface area (Å²) in [6.45, 7) is -0.153. The van der Waals surface area contributed by atoms with Gasteiger partial charge in [0.2, 0.25) is 0 Å². The van der Waals surface area contributed by atoms with E-state index in [1.807, 2.05) is 0 Å². The number of pyridine rings is 1. The molecule has 1 rings (SSSR count). The maximum absolute atomic E-state index is 11.1. The molecule has 0 fully saturated rings. The number of halogens is 1. The van der Waals surface area contributed by atoms with Gasteiger partial charge in [-0.3, -0.25) is 4.79 Å². The number of aromatic nitrogens is 1. The van der Waals surface area contributed by atoms with Gasteiger partial charge in [-0.15, -0.1) is 0 Å². The summed E-state index contributed by atoms with van der Waals surface area (Å²) in [5.74, 6) is 0.177. The van der Waals surface area contributed by atoms with Gasteiger partial charge in [0.1, 0.15) is 6.61 Å². The van der Waals surface area contributed by atoms with Crippen LogP contribution >= 0.6 is 11.6 Å². The molecule has 1 aromatic heterocycles. The molecule has 0 aliphatic rings. The third-order valence-corrected chi connectivity index (χ3v) is 2.73. The molecule has 1 heterocycles. The fourth-order valence-electron chi connectivity index (χ4n) is 0.843. The Balaban J connectivity index is 3.03. The number of carbonyl (C=O) groups is 1. The topological polar surface area (TPSA) is 73.3 Å². The number of hydrogen-bond acceptors (Lipinski definition) is 5. The second-order valence-corrected chi connectivity index (χ2v) is 5.01. The van der Waals surface area contributed by atoms with Crippen molar-refractivity contribution in [3.63, 3.8) is 0 Å². The van der Waals surface area contributed by atoms with Gasteiger partial charge in [-0.2, -0.15) is 0 Å². The van der Waals surface area contributed by atoms with E-state index in [4.69, 9.17) is 16.3 Å². The molecule has 0 unspecified atom stereocenters. The lowest BCUT2D eigenvalue weighted by atomic mass is 10.4. The van der Waals surface area contributed by atoms with Crippen LogP contribution in [0.25, 0.3) is 0 Å². The highest BCUT2D eigenvalue weighted by molar-refractivity contribution is 7.90. The predicted molar refractivity (Wildman–Crippen MR) is 53.9 cm³/mol. The maximum atomic E-state index is 11.1. The van der Waals surface area contributed by atoms with E-state index >= 15 is 0 Å². The van der Waals surface area contributed by atoms with Crippen LogP contribution in [0.5, 0.6) is 5.75 Å². The number of ether oxygens (including phenoxy) is 1. The monoisotopic (exact) mass is 249 g/mol. The highest BCUT2D eigenvalue weighted by Crippen LogP contribution is 2.23. The first kappa shape index (κ1) is 11.9. The smallest absolute Gasteiger partial charge is 0.192 e. The number of sulfone groups is 1. The van der Waals surface area contributed by atoms with Gasteiger partial charge in [-0.25, -0.2) is 13.4 Å². The van der Waals surface area contributed by atoms with E-state index in [0.29, 0.717) is 6.29 Å². The van der Waals surface area contributed by atoms with Gasteiger partial charge in [0.25, 0.3) is 0 Å². The largest absolute Gasteiger partial charge is 0.483 e. The molecule has 0 saturated heterocycles. The van der Waals surface area contributed by atoms with E-state index in [2.05, 4.69) is 4.98 Å². The summed E-state index contributed by atoms with van der Waals surface area (Å²) in [7, 11) is -3.38. The third-order valence-electron chi connectivity index (χ3n) is 1.48. The van der Waals surface area contributed by atoms with Gasteiger partial charge in [-0.1, -0.05) is 11.6 Å². The number of hydrogen-bond donors (Lipinski definition) is 0. The zero-order chi connectivity index (χ0) is 11.5. The number of aldehydes is 1. The van der Waals surface area contributed by atoms with E-state index < -0.39 is 9.84 Å². The molecule has 1 aromatic rings. The summed E-state index contributed by atoms with van der Waals surface area (Å²) in [4.78, 5) is 13.7. The lowest BCUT2D eigenvalue weighted by Gasteiger charge is -2.04. The van der Waals surface area contributed by atoms with Crippen molar-refractivity contribution in [1.82, 2.24) is 4.98 Å². The predicted octanol–water partition coefficient (Wildman–Crippen LogP) is 0.716.